The van der Waals surface area contributed by atoms with Crippen molar-refractivity contribution in [3.05, 3.63) is 29.3 Å². The SMILES string of the molecule is Cc1ccc(C)c(N2CC(CN)N(C)C(C)(C)C2)c1. The molecule has 1 atom stereocenters. The second kappa shape index (κ2) is 5.14. The van der Waals surface area contributed by atoms with Gasteiger partial charge in [0, 0.05) is 36.9 Å². The zero-order valence-corrected chi connectivity index (χ0v) is 12.9. The maximum atomic E-state index is 5.95. The molecule has 0 spiro atoms. The van der Waals surface area contributed by atoms with E-state index >= 15 is 0 Å². The Balaban J connectivity index is 2.32. The number of piperazine rings is 1. The van der Waals surface area contributed by atoms with Crippen LogP contribution >= 0.6 is 0 Å². The van der Waals surface area contributed by atoms with E-state index in [0.29, 0.717) is 12.6 Å². The van der Waals surface area contributed by atoms with Gasteiger partial charge in [-0.3, -0.25) is 4.90 Å². The molecule has 2 rings (SSSR count). The van der Waals surface area contributed by atoms with Crippen LogP contribution in [-0.2, 0) is 0 Å². The Morgan fingerprint density at radius 3 is 2.63 bits per heavy atom. The average Bonchev–Trinajstić information content (AvgIpc) is 2.35. The molecule has 0 radical (unpaired) electrons. The zero-order chi connectivity index (χ0) is 14.2. The summed E-state index contributed by atoms with van der Waals surface area (Å²) in [5.74, 6) is 0. The number of likely N-dealkylation sites (N-methyl/N-ethyl adjacent to an activating group) is 1. The molecule has 0 bridgehead atoms. The molecule has 1 heterocycles. The van der Waals surface area contributed by atoms with Crippen molar-refractivity contribution in [3.63, 3.8) is 0 Å². The predicted molar refractivity (Wildman–Crippen MR) is 82.8 cm³/mol. The van der Waals surface area contributed by atoms with Crippen LogP contribution in [0.4, 0.5) is 5.69 Å². The first-order valence-electron chi connectivity index (χ1n) is 7.10. The van der Waals surface area contributed by atoms with Crippen molar-refractivity contribution in [1.29, 1.82) is 0 Å². The summed E-state index contributed by atoms with van der Waals surface area (Å²) in [6.45, 7) is 11.7. The highest BCUT2D eigenvalue weighted by atomic mass is 15.3. The van der Waals surface area contributed by atoms with E-state index in [9.17, 15) is 0 Å². The summed E-state index contributed by atoms with van der Waals surface area (Å²) in [5, 5.41) is 0. The highest BCUT2D eigenvalue weighted by Gasteiger charge is 2.37. The monoisotopic (exact) mass is 261 g/mol. The summed E-state index contributed by atoms with van der Waals surface area (Å²) in [6, 6.07) is 7.11. The van der Waals surface area contributed by atoms with Gasteiger partial charge in [-0.1, -0.05) is 12.1 Å². The first-order chi connectivity index (χ1) is 8.85. The number of nitrogens with zero attached hydrogens (tertiary/aromatic N) is 2. The quantitative estimate of drug-likeness (QED) is 0.885. The maximum Gasteiger partial charge on any atom is 0.0399 e. The highest BCUT2D eigenvalue weighted by molar-refractivity contribution is 5.55. The molecule has 1 saturated heterocycles. The number of aryl methyl sites for hydroxylation is 2. The molecule has 1 fully saturated rings. The van der Waals surface area contributed by atoms with Crippen LogP contribution in [0.3, 0.4) is 0 Å². The fraction of sp³-hybridized carbons (Fsp3) is 0.625. The largest absolute Gasteiger partial charge is 0.368 e. The number of anilines is 1. The molecule has 1 aliphatic rings. The van der Waals surface area contributed by atoms with Crippen LogP contribution in [0.1, 0.15) is 25.0 Å². The van der Waals surface area contributed by atoms with Crippen LogP contribution < -0.4 is 10.6 Å². The summed E-state index contributed by atoms with van der Waals surface area (Å²) in [6.07, 6.45) is 0. The van der Waals surface area contributed by atoms with Crippen LogP contribution in [0.25, 0.3) is 0 Å². The van der Waals surface area contributed by atoms with Crippen molar-refractivity contribution in [1.82, 2.24) is 4.90 Å². The summed E-state index contributed by atoms with van der Waals surface area (Å²) in [4.78, 5) is 4.93. The van der Waals surface area contributed by atoms with E-state index in [1.165, 1.54) is 16.8 Å². The van der Waals surface area contributed by atoms with Gasteiger partial charge in [-0.05, 0) is 51.9 Å². The lowest BCUT2D eigenvalue weighted by atomic mass is 9.94. The van der Waals surface area contributed by atoms with Crippen molar-refractivity contribution >= 4 is 5.69 Å². The van der Waals surface area contributed by atoms with Gasteiger partial charge in [-0.15, -0.1) is 0 Å². The van der Waals surface area contributed by atoms with E-state index in [1.807, 2.05) is 0 Å². The Labute approximate surface area is 117 Å². The number of hydrogen-bond donors (Lipinski definition) is 1. The minimum Gasteiger partial charge on any atom is -0.368 e. The predicted octanol–water partition coefficient (Wildman–Crippen LogP) is 2.16. The first kappa shape index (κ1) is 14.4. The smallest absolute Gasteiger partial charge is 0.0399 e. The molecule has 0 aliphatic carbocycles. The number of benzene rings is 1. The lowest BCUT2D eigenvalue weighted by Gasteiger charge is -2.51. The fourth-order valence-corrected chi connectivity index (χ4v) is 2.99. The molecular formula is C16H27N3. The van der Waals surface area contributed by atoms with Crippen LogP contribution in [-0.4, -0.2) is 43.2 Å². The van der Waals surface area contributed by atoms with Gasteiger partial charge < -0.3 is 10.6 Å². The molecule has 3 heteroatoms. The molecule has 0 amide bonds. The Morgan fingerprint density at radius 1 is 1.32 bits per heavy atom. The molecule has 1 aromatic rings. The fourth-order valence-electron chi connectivity index (χ4n) is 2.99. The van der Waals surface area contributed by atoms with Gasteiger partial charge in [-0.2, -0.15) is 0 Å². The second-order valence-corrected chi connectivity index (χ2v) is 6.48. The second-order valence-electron chi connectivity index (χ2n) is 6.48. The lowest BCUT2D eigenvalue weighted by molar-refractivity contribution is 0.0845. The van der Waals surface area contributed by atoms with Crippen molar-refractivity contribution in [3.8, 4) is 0 Å². The van der Waals surface area contributed by atoms with Gasteiger partial charge in [-0.25, -0.2) is 0 Å². The van der Waals surface area contributed by atoms with Gasteiger partial charge >= 0.3 is 0 Å². The molecule has 1 aliphatic heterocycles. The summed E-state index contributed by atoms with van der Waals surface area (Å²) in [5.41, 5.74) is 10.1. The Morgan fingerprint density at radius 2 is 2.00 bits per heavy atom. The lowest BCUT2D eigenvalue weighted by Crippen LogP contribution is -2.64. The Hall–Kier alpha value is -1.06. The molecule has 19 heavy (non-hydrogen) atoms. The van der Waals surface area contributed by atoms with Crippen molar-refractivity contribution in [2.75, 3.05) is 31.6 Å². The zero-order valence-electron chi connectivity index (χ0n) is 12.9. The third kappa shape index (κ3) is 2.77. The van der Waals surface area contributed by atoms with Crippen LogP contribution in [0.15, 0.2) is 18.2 Å². The third-order valence-electron chi connectivity index (χ3n) is 4.49. The minimum absolute atomic E-state index is 0.151. The van der Waals surface area contributed by atoms with Crippen molar-refractivity contribution in [2.24, 2.45) is 5.73 Å². The normalized spacial score (nSPS) is 23.7. The van der Waals surface area contributed by atoms with Crippen LogP contribution in [0, 0.1) is 13.8 Å². The van der Waals surface area contributed by atoms with Crippen LogP contribution in [0.5, 0.6) is 0 Å². The average molecular weight is 261 g/mol. The summed E-state index contributed by atoms with van der Waals surface area (Å²) in [7, 11) is 2.19. The van der Waals surface area contributed by atoms with Gasteiger partial charge in [0.2, 0.25) is 0 Å². The van der Waals surface area contributed by atoms with Gasteiger partial charge in [0.05, 0.1) is 0 Å². The minimum atomic E-state index is 0.151. The van der Waals surface area contributed by atoms with E-state index in [2.05, 4.69) is 62.7 Å². The van der Waals surface area contributed by atoms with E-state index in [0.717, 1.165) is 13.1 Å². The Kier molecular flexibility index (Phi) is 3.88. The molecule has 0 aromatic heterocycles. The summed E-state index contributed by atoms with van der Waals surface area (Å²) < 4.78 is 0. The summed E-state index contributed by atoms with van der Waals surface area (Å²) >= 11 is 0. The topological polar surface area (TPSA) is 32.5 Å². The van der Waals surface area contributed by atoms with Crippen LogP contribution in [0.2, 0.25) is 0 Å². The van der Waals surface area contributed by atoms with Crippen molar-refractivity contribution < 1.29 is 0 Å². The van der Waals surface area contributed by atoms with E-state index < -0.39 is 0 Å². The molecule has 1 aromatic carbocycles. The van der Waals surface area contributed by atoms with Gasteiger partial charge in [0.1, 0.15) is 0 Å². The van der Waals surface area contributed by atoms with E-state index in [4.69, 9.17) is 5.73 Å². The third-order valence-corrected chi connectivity index (χ3v) is 4.49. The van der Waals surface area contributed by atoms with E-state index in [1.54, 1.807) is 0 Å². The van der Waals surface area contributed by atoms with Gasteiger partial charge in [0.25, 0.3) is 0 Å². The highest BCUT2D eigenvalue weighted by Crippen LogP contribution is 2.29. The van der Waals surface area contributed by atoms with E-state index in [-0.39, 0.29) is 5.54 Å². The maximum absolute atomic E-state index is 5.95. The van der Waals surface area contributed by atoms with Crippen molar-refractivity contribution in [2.45, 2.75) is 39.3 Å². The molecular weight excluding hydrogens is 234 g/mol. The van der Waals surface area contributed by atoms with Gasteiger partial charge in [0.15, 0.2) is 0 Å². The number of rotatable bonds is 2. The molecule has 1 unspecified atom stereocenters. The number of nitrogens with two attached hydrogens (primary N) is 1. The Bertz CT molecular complexity index is 453. The molecule has 3 nitrogen and oxygen atoms in total. The number of hydrogen-bond acceptors (Lipinski definition) is 3. The molecule has 106 valence electrons. The first-order valence-corrected chi connectivity index (χ1v) is 7.10. The molecule has 0 saturated carbocycles. The standard InChI is InChI=1S/C16H27N3/c1-12-6-7-13(2)15(8-12)19-10-14(9-17)18(5)16(3,4)11-19/h6-8,14H,9-11,17H2,1-5H3. The molecule has 2 N–H and O–H groups in total.